The number of hydrogen-bond donors (Lipinski definition) is 0. The van der Waals surface area contributed by atoms with Gasteiger partial charge in [-0.15, -0.1) is 0 Å². The van der Waals surface area contributed by atoms with Gasteiger partial charge in [0.1, 0.15) is 0 Å². The van der Waals surface area contributed by atoms with Crippen molar-refractivity contribution in [3.63, 3.8) is 0 Å². The minimum absolute atomic E-state index is 0.0366. The fourth-order valence-corrected chi connectivity index (χ4v) is 6.82. The zero-order valence-corrected chi connectivity index (χ0v) is 20.3. The number of carbonyl (C=O) groups excluding carboxylic acids is 1. The third-order valence-corrected chi connectivity index (χ3v) is 8.77. The highest BCUT2D eigenvalue weighted by Gasteiger charge is 2.36. The lowest BCUT2D eigenvalue weighted by Crippen LogP contribution is -2.52. The summed E-state index contributed by atoms with van der Waals surface area (Å²) in [6.07, 6.45) is 2.95. The molecule has 1 atom stereocenters. The first kappa shape index (κ1) is 21.8. The highest BCUT2D eigenvalue weighted by molar-refractivity contribution is 7.91. The molecule has 2 aromatic rings. The van der Waals surface area contributed by atoms with E-state index in [4.69, 9.17) is 10.1 Å². The summed E-state index contributed by atoms with van der Waals surface area (Å²) < 4.78 is 25.7. The lowest BCUT2D eigenvalue weighted by molar-refractivity contribution is 0.0589. The Morgan fingerprint density at radius 2 is 1.78 bits per heavy atom. The Morgan fingerprint density at radius 3 is 2.34 bits per heavy atom. The van der Waals surface area contributed by atoms with Crippen molar-refractivity contribution in [2.75, 3.05) is 37.7 Å². The van der Waals surface area contributed by atoms with E-state index in [2.05, 4.69) is 25.7 Å². The Kier molecular flexibility index (Phi) is 5.13. The van der Waals surface area contributed by atoms with Gasteiger partial charge in [0.15, 0.2) is 15.5 Å². The van der Waals surface area contributed by atoms with Gasteiger partial charge in [0.25, 0.3) is 5.91 Å². The number of piperazine rings is 1. The second kappa shape index (κ2) is 7.52. The van der Waals surface area contributed by atoms with Gasteiger partial charge in [0.2, 0.25) is 0 Å². The first-order valence-electron chi connectivity index (χ1n) is 11.7. The van der Waals surface area contributed by atoms with Crippen molar-refractivity contribution in [1.82, 2.24) is 24.6 Å². The van der Waals surface area contributed by atoms with Crippen molar-refractivity contribution in [1.29, 1.82) is 0 Å². The molecule has 1 unspecified atom stereocenters. The lowest BCUT2D eigenvalue weighted by atomic mass is 10.0. The van der Waals surface area contributed by atoms with E-state index in [0.29, 0.717) is 31.0 Å². The minimum Gasteiger partial charge on any atom is -0.336 e. The molecule has 1 aliphatic carbocycles. The molecule has 8 nitrogen and oxygen atoms in total. The average Bonchev–Trinajstić information content (AvgIpc) is 3.44. The van der Waals surface area contributed by atoms with E-state index in [1.165, 1.54) is 0 Å². The van der Waals surface area contributed by atoms with Crippen LogP contribution >= 0.6 is 0 Å². The molecule has 1 amide bonds. The van der Waals surface area contributed by atoms with Gasteiger partial charge in [-0.25, -0.2) is 18.1 Å². The monoisotopic (exact) mass is 459 g/mol. The number of aryl methyl sites for hydroxylation is 1. The predicted octanol–water partition coefficient (Wildman–Crippen LogP) is 2.32. The molecule has 4 heterocycles. The van der Waals surface area contributed by atoms with Crippen LogP contribution in [0.15, 0.2) is 6.07 Å². The van der Waals surface area contributed by atoms with Crippen LogP contribution in [0.2, 0.25) is 0 Å². The van der Waals surface area contributed by atoms with E-state index in [-0.39, 0.29) is 29.0 Å². The van der Waals surface area contributed by atoms with Crippen molar-refractivity contribution in [2.45, 2.75) is 64.5 Å². The molecule has 3 aliphatic rings. The molecule has 2 saturated heterocycles. The third kappa shape index (κ3) is 3.94. The Morgan fingerprint density at radius 1 is 1.09 bits per heavy atom. The molecular weight excluding hydrogens is 426 g/mol. The molecule has 2 aliphatic heterocycles. The van der Waals surface area contributed by atoms with Gasteiger partial charge in [-0.1, -0.05) is 0 Å². The number of amides is 1. The highest BCUT2D eigenvalue weighted by atomic mass is 32.2. The number of aromatic nitrogens is 3. The van der Waals surface area contributed by atoms with E-state index in [9.17, 15) is 13.2 Å². The van der Waals surface area contributed by atoms with Gasteiger partial charge < -0.3 is 4.90 Å². The van der Waals surface area contributed by atoms with E-state index in [1.54, 1.807) is 0 Å². The average molecular weight is 460 g/mol. The number of sulfone groups is 1. The highest BCUT2D eigenvalue weighted by Crippen LogP contribution is 2.41. The maximum Gasteiger partial charge on any atom is 0.254 e. The van der Waals surface area contributed by atoms with Crippen LogP contribution in [0.3, 0.4) is 0 Å². The lowest BCUT2D eigenvalue weighted by Gasteiger charge is -2.37. The van der Waals surface area contributed by atoms with Gasteiger partial charge in [0.05, 0.1) is 33.7 Å². The van der Waals surface area contributed by atoms with Crippen molar-refractivity contribution >= 4 is 26.8 Å². The van der Waals surface area contributed by atoms with E-state index >= 15 is 0 Å². The molecule has 5 rings (SSSR count). The van der Waals surface area contributed by atoms with Gasteiger partial charge >= 0.3 is 0 Å². The molecule has 174 valence electrons. The van der Waals surface area contributed by atoms with Crippen LogP contribution in [0.4, 0.5) is 0 Å². The van der Waals surface area contributed by atoms with Crippen molar-refractivity contribution < 1.29 is 13.2 Å². The molecule has 0 bridgehead atoms. The quantitative estimate of drug-likeness (QED) is 0.700. The number of rotatable bonds is 3. The number of fused-ring (bicyclic) bond motifs is 1. The van der Waals surface area contributed by atoms with E-state index in [1.807, 2.05) is 22.6 Å². The Hall–Kier alpha value is -2.00. The van der Waals surface area contributed by atoms with Gasteiger partial charge in [-0.2, -0.15) is 5.10 Å². The van der Waals surface area contributed by atoms with Crippen LogP contribution < -0.4 is 0 Å². The van der Waals surface area contributed by atoms with Crippen LogP contribution in [0.5, 0.6) is 0 Å². The van der Waals surface area contributed by atoms with Gasteiger partial charge in [-0.3, -0.25) is 9.69 Å². The number of nitrogens with zero attached hydrogens (tertiary/aromatic N) is 5. The molecule has 3 fully saturated rings. The number of carbonyl (C=O) groups is 1. The number of hydrogen-bond acceptors (Lipinski definition) is 6. The summed E-state index contributed by atoms with van der Waals surface area (Å²) in [6, 6.07) is 2.10. The standard InChI is InChI=1S/C23H33N5O3S/c1-15-20-18(13-19(16-5-6-16)24-21(20)28(25-15)23(2,3)4)22(29)27-10-8-26(9-11-27)17-7-12-32(30,31)14-17/h13,16-17H,5-12,14H2,1-4H3. The third-order valence-electron chi connectivity index (χ3n) is 7.02. The molecule has 0 aromatic carbocycles. The Labute approximate surface area is 189 Å². The molecule has 2 aromatic heterocycles. The number of pyridine rings is 1. The van der Waals surface area contributed by atoms with Gasteiger partial charge in [-0.05, 0) is 53.0 Å². The second-order valence-electron chi connectivity index (χ2n) is 10.6. The molecular formula is C23H33N5O3S. The Balaban J connectivity index is 1.43. The molecule has 32 heavy (non-hydrogen) atoms. The molecule has 0 radical (unpaired) electrons. The SMILES string of the molecule is Cc1nn(C(C)(C)C)c2nc(C3CC3)cc(C(=O)N3CCN(C4CCS(=O)(=O)C4)CC3)c12. The maximum absolute atomic E-state index is 13.7. The minimum atomic E-state index is -2.90. The summed E-state index contributed by atoms with van der Waals surface area (Å²) in [5, 5.41) is 5.63. The zero-order chi connectivity index (χ0) is 22.8. The largest absolute Gasteiger partial charge is 0.336 e. The first-order valence-corrected chi connectivity index (χ1v) is 13.5. The van der Waals surface area contributed by atoms with Crippen LogP contribution in [0.1, 0.15) is 67.7 Å². The van der Waals surface area contributed by atoms with Crippen molar-refractivity contribution in [3.05, 3.63) is 23.0 Å². The van der Waals surface area contributed by atoms with Crippen LogP contribution in [0, 0.1) is 6.92 Å². The fraction of sp³-hybridized carbons (Fsp3) is 0.696. The zero-order valence-electron chi connectivity index (χ0n) is 19.5. The summed E-state index contributed by atoms with van der Waals surface area (Å²) in [5.74, 6) is 1.01. The van der Waals surface area contributed by atoms with Crippen LogP contribution in [-0.2, 0) is 15.4 Å². The normalized spacial score (nSPS) is 24.4. The predicted molar refractivity (Wildman–Crippen MR) is 124 cm³/mol. The molecule has 0 spiro atoms. The molecule has 1 saturated carbocycles. The van der Waals surface area contributed by atoms with Crippen LogP contribution in [-0.4, -0.2) is 82.6 Å². The summed E-state index contributed by atoms with van der Waals surface area (Å²) in [4.78, 5) is 22.8. The maximum atomic E-state index is 13.7. The molecule has 0 N–H and O–H groups in total. The smallest absolute Gasteiger partial charge is 0.254 e. The van der Waals surface area contributed by atoms with E-state index < -0.39 is 9.84 Å². The Bertz CT molecular complexity index is 1170. The first-order chi connectivity index (χ1) is 15.0. The summed E-state index contributed by atoms with van der Waals surface area (Å²) >= 11 is 0. The van der Waals surface area contributed by atoms with Crippen molar-refractivity contribution in [2.24, 2.45) is 0 Å². The summed E-state index contributed by atoms with van der Waals surface area (Å²) in [7, 11) is -2.90. The summed E-state index contributed by atoms with van der Waals surface area (Å²) in [5.41, 5.74) is 3.12. The summed E-state index contributed by atoms with van der Waals surface area (Å²) in [6.45, 7) is 10.9. The van der Waals surface area contributed by atoms with E-state index in [0.717, 1.165) is 48.4 Å². The second-order valence-corrected chi connectivity index (χ2v) is 12.8. The van der Waals surface area contributed by atoms with Crippen LogP contribution in [0.25, 0.3) is 11.0 Å². The van der Waals surface area contributed by atoms with Gasteiger partial charge in [0, 0.05) is 43.8 Å². The topological polar surface area (TPSA) is 88.4 Å². The molecule has 9 heteroatoms. The fourth-order valence-electron chi connectivity index (χ4n) is 5.06. The van der Waals surface area contributed by atoms with Crippen molar-refractivity contribution in [3.8, 4) is 0 Å².